The number of carbonyl (C=O) groups excluding carboxylic acids is 3. The number of anilines is 1. The summed E-state index contributed by atoms with van der Waals surface area (Å²) in [5.74, 6) is -2.06. The first kappa shape index (κ1) is 23.7. The fourth-order valence-corrected chi connectivity index (χ4v) is 6.89. The van der Waals surface area contributed by atoms with Crippen molar-refractivity contribution in [3.8, 4) is 0 Å². The number of halogens is 2. The Morgan fingerprint density at radius 1 is 0.821 bits per heavy atom. The van der Waals surface area contributed by atoms with Gasteiger partial charge in [0.05, 0.1) is 6.04 Å². The van der Waals surface area contributed by atoms with Crippen molar-refractivity contribution in [3.63, 3.8) is 0 Å². The number of rotatable bonds is 3. The average molecular weight is 534 g/mol. The molecule has 1 fully saturated rings. The minimum absolute atomic E-state index is 0.246. The van der Waals surface area contributed by atoms with E-state index in [9.17, 15) is 18.8 Å². The normalized spacial score (nSPS) is 22.1. The summed E-state index contributed by atoms with van der Waals surface area (Å²) in [6.45, 7) is 0. The lowest BCUT2D eigenvalue weighted by Crippen LogP contribution is -2.48. The van der Waals surface area contributed by atoms with E-state index in [1.807, 2.05) is 35.2 Å². The Bertz CT molecular complexity index is 1680. The number of hydrogen-bond donors (Lipinski definition) is 0. The summed E-state index contributed by atoms with van der Waals surface area (Å²) in [7, 11) is 0. The third-order valence-corrected chi connectivity index (χ3v) is 8.57. The molecular formula is C33H21ClFNO3. The number of carbonyl (C=O) groups is 3. The van der Waals surface area contributed by atoms with Gasteiger partial charge in [-0.1, -0.05) is 78.4 Å². The maximum atomic E-state index is 14.5. The molecule has 6 heteroatoms. The van der Waals surface area contributed by atoms with Crippen LogP contribution in [0.1, 0.15) is 48.1 Å². The third-order valence-electron chi connectivity index (χ3n) is 8.32. The van der Waals surface area contributed by atoms with Crippen LogP contribution in [0.25, 0.3) is 6.08 Å². The van der Waals surface area contributed by atoms with Gasteiger partial charge in [-0.25, -0.2) is 4.39 Å². The molecule has 1 saturated heterocycles. The Morgan fingerprint density at radius 3 is 2.13 bits per heavy atom. The van der Waals surface area contributed by atoms with E-state index in [4.69, 9.17) is 11.6 Å². The molecule has 7 rings (SSSR count). The molecule has 39 heavy (non-hydrogen) atoms. The van der Waals surface area contributed by atoms with Gasteiger partial charge < -0.3 is 4.90 Å². The largest absolute Gasteiger partial charge is 0.352 e. The van der Waals surface area contributed by atoms with E-state index < -0.39 is 29.2 Å². The lowest BCUT2D eigenvalue weighted by atomic mass is 9.64. The molecular weight excluding hydrogens is 513 g/mol. The van der Waals surface area contributed by atoms with Crippen molar-refractivity contribution in [2.75, 3.05) is 4.90 Å². The predicted octanol–water partition coefficient (Wildman–Crippen LogP) is 6.80. The van der Waals surface area contributed by atoms with Gasteiger partial charge >= 0.3 is 0 Å². The molecule has 1 spiro atoms. The average Bonchev–Trinajstić information content (AvgIpc) is 3.39. The molecule has 0 amide bonds. The van der Waals surface area contributed by atoms with Gasteiger partial charge in [-0.05, 0) is 48.0 Å². The molecule has 0 radical (unpaired) electrons. The highest BCUT2D eigenvalue weighted by molar-refractivity contribution is 6.32. The standard InChI is InChI=1S/C33H21ClFNO3/c34-22-13-10-20(11-14-22)30(37)29-28(19-6-2-1-3-7-19)33(31(38)24-8-4-5-9-25(24)32(33)39)27-17-12-21-18-23(35)15-16-26(21)36(27)29/h1-18,27-29H/t27-,28+,29+/m1/s1. The lowest BCUT2D eigenvalue weighted by molar-refractivity contribution is 0.0666. The second-order valence-corrected chi connectivity index (χ2v) is 10.6. The van der Waals surface area contributed by atoms with Gasteiger partial charge in [0.25, 0.3) is 0 Å². The Kier molecular flexibility index (Phi) is 5.23. The maximum Gasteiger partial charge on any atom is 0.185 e. The molecule has 1 aliphatic carbocycles. The second kappa shape index (κ2) is 8.58. The molecule has 0 unspecified atom stereocenters. The molecule has 0 bridgehead atoms. The van der Waals surface area contributed by atoms with Crippen LogP contribution in [0.5, 0.6) is 0 Å². The second-order valence-electron chi connectivity index (χ2n) is 10.2. The number of nitrogens with zero attached hydrogens (tertiary/aromatic N) is 1. The van der Waals surface area contributed by atoms with Crippen molar-refractivity contribution in [3.05, 3.63) is 142 Å². The van der Waals surface area contributed by atoms with E-state index in [-0.39, 0.29) is 17.3 Å². The van der Waals surface area contributed by atoms with Crippen LogP contribution in [0.4, 0.5) is 10.1 Å². The van der Waals surface area contributed by atoms with Crippen molar-refractivity contribution >= 4 is 40.7 Å². The zero-order chi connectivity index (χ0) is 26.9. The number of ketones is 3. The third kappa shape index (κ3) is 3.20. The van der Waals surface area contributed by atoms with E-state index in [1.54, 1.807) is 66.7 Å². The molecule has 4 aromatic rings. The molecule has 190 valence electrons. The topological polar surface area (TPSA) is 54.5 Å². The minimum Gasteiger partial charge on any atom is -0.352 e. The van der Waals surface area contributed by atoms with E-state index in [1.165, 1.54) is 12.1 Å². The molecule has 2 heterocycles. The van der Waals surface area contributed by atoms with Gasteiger partial charge in [0.15, 0.2) is 17.3 Å². The molecule has 4 aromatic carbocycles. The van der Waals surface area contributed by atoms with Gasteiger partial charge in [-0.3, -0.25) is 14.4 Å². The summed E-state index contributed by atoms with van der Waals surface area (Å²) in [6.07, 6.45) is 3.54. The lowest BCUT2D eigenvalue weighted by Gasteiger charge is -2.37. The predicted molar refractivity (Wildman–Crippen MR) is 148 cm³/mol. The SMILES string of the molecule is O=C(c1ccc(Cl)cc1)[C@@H]1[C@H](c2ccccc2)C2(C(=O)c3ccccc3C2=O)[C@H]2C=Cc3cc(F)ccc3N12. The Morgan fingerprint density at radius 2 is 1.46 bits per heavy atom. The molecule has 2 aliphatic heterocycles. The molecule has 3 aliphatic rings. The number of fused-ring (bicyclic) bond motifs is 5. The van der Waals surface area contributed by atoms with E-state index in [2.05, 4.69) is 0 Å². The fourth-order valence-electron chi connectivity index (χ4n) is 6.77. The van der Waals surface area contributed by atoms with Crippen LogP contribution in [0.3, 0.4) is 0 Å². The van der Waals surface area contributed by atoms with Crippen LogP contribution in [-0.4, -0.2) is 29.4 Å². The Labute approximate surface area is 229 Å². The number of Topliss-reactive ketones (excluding diaryl/α,β-unsaturated/α-hetero) is 3. The fraction of sp³-hybridized carbons (Fsp3) is 0.121. The van der Waals surface area contributed by atoms with Gasteiger partial charge in [0.2, 0.25) is 0 Å². The van der Waals surface area contributed by atoms with Crippen LogP contribution in [0, 0.1) is 11.2 Å². The maximum absolute atomic E-state index is 14.5. The van der Waals surface area contributed by atoms with Crippen LogP contribution in [0.2, 0.25) is 5.02 Å². The first-order valence-corrected chi connectivity index (χ1v) is 13.1. The smallest absolute Gasteiger partial charge is 0.185 e. The monoisotopic (exact) mass is 533 g/mol. The minimum atomic E-state index is -1.58. The molecule has 3 atom stereocenters. The highest BCUT2D eigenvalue weighted by Gasteiger charge is 2.71. The van der Waals surface area contributed by atoms with E-state index in [0.29, 0.717) is 38.5 Å². The number of hydrogen-bond acceptors (Lipinski definition) is 4. The zero-order valence-corrected chi connectivity index (χ0v) is 21.3. The van der Waals surface area contributed by atoms with Crippen molar-refractivity contribution in [2.45, 2.75) is 18.0 Å². The summed E-state index contributed by atoms with van der Waals surface area (Å²) < 4.78 is 14.3. The summed E-state index contributed by atoms with van der Waals surface area (Å²) in [6, 6.07) is 25.5. The van der Waals surface area contributed by atoms with Gasteiger partial charge in [0, 0.05) is 38.9 Å². The van der Waals surface area contributed by atoms with Crippen molar-refractivity contribution in [1.29, 1.82) is 0 Å². The first-order chi connectivity index (χ1) is 18.9. The Balaban J connectivity index is 1.54. The van der Waals surface area contributed by atoms with E-state index in [0.717, 1.165) is 0 Å². The summed E-state index contributed by atoms with van der Waals surface area (Å²) in [5, 5.41) is 0.491. The summed E-state index contributed by atoms with van der Waals surface area (Å²) in [4.78, 5) is 45.4. The molecule has 0 aromatic heterocycles. The quantitative estimate of drug-likeness (QED) is 0.215. The zero-order valence-electron chi connectivity index (χ0n) is 20.6. The molecule has 4 nitrogen and oxygen atoms in total. The molecule has 0 N–H and O–H groups in total. The summed E-state index contributed by atoms with van der Waals surface area (Å²) in [5.41, 5.74) is 1.45. The highest BCUT2D eigenvalue weighted by atomic mass is 35.5. The van der Waals surface area contributed by atoms with Crippen molar-refractivity contribution < 1.29 is 18.8 Å². The van der Waals surface area contributed by atoms with Crippen molar-refractivity contribution in [1.82, 2.24) is 0 Å². The van der Waals surface area contributed by atoms with Crippen molar-refractivity contribution in [2.24, 2.45) is 5.41 Å². The van der Waals surface area contributed by atoms with Crippen LogP contribution in [0.15, 0.2) is 103 Å². The number of benzene rings is 4. The summed E-state index contributed by atoms with van der Waals surface area (Å²) >= 11 is 6.13. The van der Waals surface area contributed by atoms with Crippen LogP contribution >= 0.6 is 11.6 Å². The van der Waals surface area contributed by atoms with Crippen LogP contribution in [-0.2, 0) is 0 Å². The van der Waals surface area contributed by atoms with Crippen LogP contribution < -0.4 is 4.90 Å². The Hall–Kier alpha value is -4.35. The highest BCUT2D eigenvalue weighted by Crippen LogP contribution is 2.60. The first-order valence-electron chi connectivity index (χ1n) is 12.7. The van der Waals surface area contributed by atoms with Gasteiger partial charge in [-0.2, -0.15) is 0 Å². The molecule has 0 saturated carbocycles. The van der Waals surface area contributed by atoms with Gasteiger partial charge in [0.1, 0.15) is 17.3 Å². The van der Waals surface area contributed by atoms with Gasteiger partial charge in [-0.15, -0.1) is 0 Å². The van der Waals surface area contributed by atoms with E-state index >= 15 is 0 Å².